The van der Waals surface area contributed by atoms with Gasteiger partial charge in [0.1, 0.15) is 12.7 Å². The van der Waals surface area contributed by atoms with Crippen molar-refractivity contribution in [3.63, 3.8) is 0 Å². The molecule has 2 N–H and O–H groups in total. The third-order valence-electron chi connectivity index (χ3n) is 4.11. The number of aromatic nitrogens is 4. The van der Waals surface area contributed by atoms with Gasteiger partial charge >= 0.3 is 23.6 Å². The fourth-order valence-electron chi connectivity index (χ4n) is 3.09. The summed E-state index contributed by atoms with van der Waals surface area (Å²) >= 11 is 0. The Morgan fingerprint density at radius 1 is 1.10 bits per heavy atom. The molecule has 2 aromatic rings. The molecule has 0 aromatic carbocycles. The molecule has 0 spiro atoms. The van der Waals surface area contributed by atoms with E-state index < -0.39 is 53.7 Å². The molecule has 0 unspecified atom stereocenters. The average molecular weight is 410 g/mol. The molecule has 0 radical (unpaired) electrons. The molecule has 3 rings (SSSR count). The smallest absolute Gasteiger partial charge is 0.330 e. The minimum Gasteiger partial charge on any atom is -0.463 e. The highest BCUT2D eigenvalue weighted by Gasteiger charge is 2.51. The third-order valence-corrected chi connectivity index (χ3v) is 4.11. The third kappa shape index (κ3) is 4.03. The van der Waals surface area contributed by atoms with Crippen molar-refractivity contribution in [1.29, 1.82) is 0 Å². The van der Waals surface area contributed by atoms with Crippen molar-refractivity contribution in [2.45, 2.75) is 45.3 Å². The van der Waals surface area contributed by atoms with Crippen LogP contribution in [-0.2, 0) is 33.3 Å². The zero-order valence-electron chi connectivity index (χ0n) is 15.7. The van der Waals surface area contributed by atoms with Gasteiger partial charge in [0.05, 0.1) is 6.33 Å². The van der Waals surface area contributed by atoms with Crippen LogP contribution in [-0.4, -0.2) is 62.3 Å². The number of hydrogen-bond acceptors (Lipinski definition) is 10. The van der Waals surface area contributed by atoms with Crippen molar-refractivity contribution < 1.29 is 33.3 Å². The van der Waals surface area contributed by atoms with Gasteiger partial charge in [-0.05, 0) is 0 Å². The number of carbonyl (C=O) groups excluding carboxylic acids is 3. The first-order valence-electron chi connectivity index (χ1n) is 8.50. The Hall–Kier alpha value is -3.48. The first-order chi connectivity index (χ1) is 13.7. The average Bonchev–Trinajstić information content (AvgIpc) is 3.11. The van der Waals surface area contributed by atoms with E-state index in [9.17, 15) is 24.0 Å². The molecular formula is C16H18N4O9. The number of nitrogens with zero attached hydrogens (tertiary/aromatic N) is 2. The van der Waals surface area contributed by atoms with Crippen molar-refractivity contribution >= 4 is 29.1 Å². The van der Waals surface area contributed by atoms with E-state index in [0.717, 1.165) is 24.7 Å². The minimum absolute atomic E-state index is 0.0596. The van der Waals surface area contributed by atoms with Gasteiger partial charge in [-0.15, -0.1) is 0 Å². The molecule has 1 saturated heterocycles. The maximum Gasteiger partial charge on any atom is 0.330 e. The van der Waals surface area contributed by atoms with E-state index in [0.29, 0.717) is 0 Å². The number of rotatable bonds is 5. The van der Waals surface area contributed by atoms with Crippen molar-refractivity contribution in [2.75, 3.05) is 6.61 Å². The number of esters is 3. The van der Waals surface area contributed by atoms with Crippen molar-refractivity contribution in [3.8, 4) is 0 Å². The molecule has 4 atom stereocenters. The highest BCUT2D eigenvalue weighted by atomic mass is 16.7. The summed E-state index contributed by atoms with van der Waals surface area (Å²) in [4.78, 5) is 67.5. The van der Waals surface area contributed by atoms with Gasteiger partial charge in [0.25, 0.3) is 5.56 Å². The Kier molecular flexibility index (Phi) is 5.50. The fourth-order valence-corrected chi connectivity index (χ4v) is 3.09. The Bertz CT molecular complexity index is 1070. The standard InChI is InChI=1S/C16H18N4O9/c1-6(21)26-4-9-11(27-7(2)22)12(28-8(3)23)15(29-9)20-13-10(19-16(20)25)14(24)18-5-17-13/h5,9,11-12,15H,4H2,1-3H3,(H,19,25)(H,17,18,24)/t9-,11-,12-,15-/m1/s1. The second-order valence-corrected chi connectivity index (χ2v) is 6.25. The number of nitrogens with one attached hydrogen (secondary N) is 2. The summed E-state index contributed by atoms with van der Waals surface area (Å²) < 4.78 is 22.2. The molecule has 156 valence electrons. The molecule has 0 aliphatic carbocycles. The fraction of sp³-hybridized carbons (Fsp3) is 0.500. The Labute approximate surface area is 161 Å². The van der Waals surface area contributed by atoms with Crippen LogP contribution in [0.5, 0.6) is 0 Å². The molecule has 0 saturated carbocycles. The van der Waals surface area contributed by atoms with Gasteiger partial charge in [-0.3, -0.25) is 24.2 Å². The molecule has 0 amide bonds. The van der Waals surface area contributed by atoms with Crippen LogP contribution >= 0.6 is 0 Å². The SMILES string of the molecule is CC(=O)OC[C@H]1O[C@@H](n2c(=O)[nH]c3c(=O)[nH]cnc32)[C@H](OC(C)=O)[C@@H]1OC(C)=O. The zero-order chi connectivity index (χ0) is 21.3. The molecule has 29 heavy (non-hydrogen) atoms. The summed E-state index contributed by atoms with van der Waals surface area (Å²) in [6.45, 7) is 3.12. The van der Waals surface area contributed by atoms with Crippen LogP contribution in [0.1, 0.15) is 27.0 Å². The number of imidazole rings is 1. The number of fused-ring (bicyclic) bond motifs is 1. The zero-order valence-corrected chi connectivity index (χ0v) is 15.7. The molecule has 3 heterocycles. The normalized spacial score (nSPS) is 23.7. The Morgan fingerprint density at radius 3 is 2.38 bits per heavy atom. The van der Waals surface area contributed by atoms with E-state index in [-0.39, 0.29) is 17.8 Å². The van der Waals surface area contributed by atoms with Crippen LogP contribution in [0.2, 0.25) is 0 Å². The molecular weight excluding hydrogens is 392 g/mol. The summed E-state index contributed by atoms with van der Waals surface area (Å²) in [5.41, 5.74) is -1.53. The van der Waals surface area contributed by atoms with Gasteiger partial charge in [0.15, 0.2) is 29.6 Å². The second kappa shape index (κ2) is 7.87. The number of hydrogen-bond donors (Lipinski definition) is 2. The number of ether oxygens (including phenoxy) is 4. The van der Waals surface area contributed by atoms with Gasteiger partial charge in [-0.1, -0.05) is 0 Å². The lowest BCUT2D eigenvalue weighted by Gasteiger charge is -2.23. The van der Waals surface area contributed by atoms with Crippen LogP contribution in [0, 0.1) is 0 Å². The summed E-state index contributed by atoms with van der Waals surface area (Å²) in [6.07, 6.45) is -3.71. The van der Waals surface area contributed by atoms with E-state index in [4.69, 9.17) is 18.9 Å². The van der Waals surface area contributed by atoms with Gasteiger partial charge in [-0.25, -0.2) is 14.3 Å². The van der Waals surface area contributed by atoms with Crippen LogP contribution in [0.3, 0.4) is 0 Å². The largest absolute Gasteiger partial charge is 0.463 e. The van der Waals surface area contributed by atoms with E-state index in [1.807, 2.05) is 0 Å². The lowest BCUT2D eigenvalue weighted by Crippen LogP contribution is -2.41. The van der Waals surface area contributed by atoms with E-state index in [2.05, 4.69) is 15.0 Å². The van der Waals surface area contributed by atoms with Gasteiger partial charge in [0.2, 0.25) is 0 Å². The first kappa shape index (κ1) is 20.3. The van der Waals surface area contributed by atoms with E-state index >= 15 is 0 Å². The number of aromatic amines is 2. The second-order valence-electron chi connectivity index (χ2n) is 6.25. The lowest BCUT2D eigenvalue weighted by molar-refractivity contribution is -0.166. The number of H-pyrrole nitrogens is 2. The topological polar surface area (TPSA) is 172 Å². The van der Waals surface area contributed by atoms with Crippen LogP contribution in [0.4, 0.5) is 0 Å². The molecule has 2 aromatic heterocycles. The predicted molar refractivity (Wildman–Crippen MR) is 92.6 cm³/mol. The monoisotopic (exact) mass is 410 g/mol. The summed E-state index contributed by atoms with van der Waals surface area (Å²) in [6, 6.07) is 0. The highest BCUT2D eigenvalue weighted by Crippen LogP contribution is 2.34. The van der Waals surface area contributed by atoms with Gasteiger partial charge < -0.3 is 23.9 Å². The molecule has 13 heteroatoms. The minimum atomic E-state index is -1.31. The van der Waals surface area contributed by atoms with Crippen LogP contribution < -0.4 is 11.2 Å². The summed E-state index contributed by atoms with van der Waals surface area (Å²) in [5, 5.41) is 0. The van der Waals surface area contributed by atoms with E-state index in [1.54, 1.807) is 0 Å². The van der Waals surface area contributed by atoms with Crippen molar-refractivity contribution in [2.24, 2.45) is 0 Å². The predicted octanol–water partition coefficient (Wildman–Crippen LogP) is -1.26. The van der Waals surface area contributed by atoms with Gasteiger partial charge in [0, 0.05) is 20.8 Å². The quantitative estimate of drug-likeness (QED) is 0.447. The van der Waals surface area contributed by atoms with Crippen molar-refractivity contribution in [1.82, 2.24) is 19.5 Å². The molecule has 1 fully saturated rings. The maximum atomic E-state index is 12.5. The molecule has 0 bridgehead atoms. The van der Waals surface area contributed by atoms with Crippen molar-refractivity contribution in [3.05, 3.63) is 27.2 Å². The van der Waals surface area contributed by atoms with E-state index in [1.165, 1.54) is 6.92 Å². The molecule has 1 aliphatic rings. The lowest BCUT2D eigenvalue weighted by atomic mass is 10.1. The maximum absolute atomic E-state index is 12.5. The Morgan fingerprint density at radius 2 is 1.76 bits per heavy atom. The molecule has 13 nitrogen and oxygen atoms in total. The van der Waals surface area contributed by atoms with Crippen LogP contribution in [0.25, 0.3) is 11.2 Å². The molecule has 1 aliphatic heterocycles. The summed E-state index contributed by atoms with van der Waals surface area (Å²) in [7, 11) is 0. The van der Waals surface area contributed by atoms with Crippen LogP contribution in [0.15, 0.2) is 15.9 Å². The number of carbonyl (C=O) groups is 3. The summed E-state index contributed by atoms with van der Waals surface area (Å²) in [5.74, 6) is -2.04. The highest BCUT2D eigenvalue weighted by molar-refractivity contribution is 5.70. The van der Waals surface area contributed by atoms with Gasteiger partial charge in [-0.2, -0.15) is 0 Å². The first-order valence-corrected chi connectivity index (χ1v) is 8.50. The Balaban J connectivity index is 2.09.